The van der Waals surface area contributed by atoms with Crippen LogP contribution in [0.4, 0.5) is 0 Å². The highest BCUT2D eigenvalue weighted by Crippen LogP contribution is 2.46. The maximum Gasteiger partial charge on any atom is 0.0862 e. The van der Waals surface area contributed by atoms with Crippen LogP contribution in [0.15, 0.2) is 197 Å². The van der Waals surface area contributed by atoms with Crippen molar-refractivity contribution in [1.82, 2.24) is 4.57 Å². The summed E-state index contributed by atoms with van der Waals surface area (Å²) >= 11 is 1.80. The van der Waals surface area contributed by atoms with Gasteiger partial charge in [0, 0.05) is 31.8 Å². The zero-order chi connectivity index (χ0) is 34.3. The quantitative estimate of drug-likeness (QED) is 0.172. The van der Waals surface area contributed by atoms with E-state index in [0.717, 1.165) is 22.5 Å². The predicted octanol–water partition coefficient (Wildman–Crippen LogP) is 13.1. The predicted molar refractivity (Wildman–Crippen MR) is 219 cm³/mol. The molecule has 51 heavy (non-hydrogen) atoms. The number of fused-ring (bicyclic) bond motifs is 4. The molecule has 0 radical (unpaired) electrons. The first-order valence-electron chi connectivity index (χ1n) is 17.2. The fourth-order valence-corrected chi connectivity index (χ4v) is 8.34. The van der Waals surface area contributed by atoms with Crippen molar-refractivity contribution in [1.29, 1.82) is 0 Å². The SMILES string of the molecule is C=C(N=C1/C(=C(\C)c2ccccc2)Sc2cc(-c3ccc(-c4ccc5c6ccccc6n(-c6ccccc6)c5c4)cc3)ccc21)c1ccccc1. The Balaban J connectivity index is 1.08. The van der Waals surface area contributed by atoms with Gasteiger partial charge in [0.2, 0.25) is 0 Å². The standard InChI is InChI=1S/C48H34N2S/c1-32(34-14-6-3-7-15-34)48-47(49-33(2)35-16-8-4-9-17-35)43-29-27-39(31-46(43)51-48)37-24-22-36(23-25-37)38-26-28-42-41-20-12-13-21-44(41)50(45(42)30-38)40-18-10-5-11-19-40/h3-31H,2H2,1H3/b48-32-,49-47?. The molecule has 2 nitrogen and oxygen atoms in total. The van der Waals surface area contributed by atoms with Crippen molar-refractivity contribution in [2.75, 3.05) is 0 Å². The molecule has 0 unspecified atom stereocenters. The van der Waals surface area contributed by atoms with Crippen molar-refractivity contribution in [3.63, 3.8) is 0 Å². The first-order valence-corrected chi connectivity index (χ1v) is 18.1. The van der Waals surface area contributed by atoms with Crippen LogP contribution in [0, 0.1) is 0 Å². The summed E-state index contributed by atoms with van der Waals surface area (Å²) in [4.78, 5) is 7.55. The molecule has 0 N–H and O–H groups in total. The van der Waals surface area contributed by atoms with Gasteiger partial charge in [0.25, 0.3) is 0 Å². The zero-order valence-electron chi connectivity index (χ0n) is 28.3. The topological polar surface area (TPSA) is 17.3 Å². The molecule has 2 heterocycles. The Morgan fingerprint density at radius 1 is 0.529 bits per heavy atom. The van der Waals surface area contributed by atoms with Gasteiger partial charge in [-0.05, 0) is 76.2 Å². The van der Waals surface area contributed by atoms with E-state index in [0.29, 0.717) is 0 Å². The lowest BCUT2D eigenvalue weighted by Gasteiger charge is -2.10. The van der Waals surface area contributed by atoms with Gasteiger partial charge in [0.15, 0.2) is 0 Å². The average molecular weight is 671 g/mol. The lowest BCUT2D eigenvalue weighted by Crippen LogP contribution is -2.00. The summed E-state index contributed by atoms with van der Waals surface area (Å²) in [7, 11) is 0. The second-order valence-corrected chi connectivity index (χ2v) is 14.0. The number of allylic oxidation sites excluding steroid dienone is 2. The maximum atomic E-state index is 5.17. The van der Waals surface area contributed by atoms with Crippen LogP contribution < -0.4 is 0 Å². The minimum atomic E-state index is 0.763. The molecule has 0 saturated heterocycles. The molecule has 0 atom stereocenters. The number of aliphatic imine (C=N–C) groups is 1. The van der Waals surface area contributed by atoms with Crippen molar-refractivity contribution >= 4 is 50.5 Å². The molecule has 0 saturated carbocycles. The Morgan fingerprint density at radius 2 is 1.08 bits per heavy atom. The molecule has 8 aromatic rings. The van der Waals surface area contributed by atoms with Crippen molar-refractivity contribution < 1.29 is 0 Å². The van der Waals surface area contributed by atoms with Gasteiger partial charge < -0.3 is 4.57 Å². The van der Waals surface area contributed by atoms with Crippen molar-refractivity contribution in [3.05, 3.63) is 204 Å². The number of thioether (sulfide) groups is 1. The third-order valence-corrected chi connectivity index (χ3v) is 11.1. The van der Waals surface area contributed by atoms with Crippen LogP contribution in [0.3, 0.4) is 0 Å². The van der Waals surface area contributed by atoms with E-state index in [-0.39, 0.29) is 0 Å². The summed E-state index contributed by atoms with van der Waals surface area (Å²) in [6, 6.07) is 62.7. The normalized spacial score (nSPS) is 14.3. The van der Waals surface area contributed by atoms with Gasteiger partial charge in [-0.3, -0.25) is 0 Å². The number of nitrogens with zero attached hydrogens (tertiary/aromatic N) is 2. The number of hydrogen-bond acceptors (Lipinski definition) is 2. The molecule has 3 heteroatoms. The number of para-hydroxylation sites is 2. The van der Waals surface area contributed by atoms with E-state index in [2.05, 4.69) is 176 Å². The summed E-state index contributed by atoms with van der Waals surface area (Å²) < 4.78 is 2.37. The van der Waals surface area contributed by atoms with Gasteiger partial charge in [-0.1, -0.05) is 164 Å². The van der Waals surface area contributed by atoms with E-state index in [1.807, 2.05) is 18.2 Å². The molecular formula is C48H34N2S. The van der Waals surface area contributed by atoms with E-state index in [1.165, 1.54) is 70.7 Å². The molecule has 0 fully saturated rings. The van der Waals surface area contributed by atoms with E-state index < -0.39 is 0 Å². The van der Waals surface area contributed by atoms with Gasteiger partial charge in [-0.15, -0.1) is 0 Å². The Kier molecular flexibility index (Phi) is 7.83. The number of rotatable bonds is 6. The zero-order valence-corrected chi connectivity index (χ0v) is 29.1. The van der Waals surface area contributed by atoms with Crippen LogP contribution in [0.5, 0.6) is 0 Å². The van der Waals surface area contributed by atoms with E-state index in [9.17, 15) is 0 Å². The van der Waals surface area contributed by atoms with Gasteiger partial charge in [0.1, 0.15) is 0 Å². The summed E-state index contributed by atoms with van der Waals surface area (Å²) in [5, 5.41) is 2.53. The second kappa shape index (κ2) is 12.9. The second-order valence-electron chi connectivity index (χ2n) is 12.9. The fraction of sp³-hybridized carbons (Fsp3) is 0.0208. The van der Waals surface area contributed by atoms with Crippen LogP contribution in [-0.4, -0.2) is 10.3 Å². The summed E-state index contributed by atoms with van der Waals surface area (Å²) in [6.07, 6.45) is 0. The van der Waals surface area contributed by atoms with Gasteiger partial charge in [-0.2, -0.15) is 0 Å². The highest BCUT2D eigenvalue weighted by atomic mass is 32.2. The van der Waals surface area contributed by atoms with Gasteiger partial charge >= 0.3 is 0 Å². The molecule has 0 spiro atoms. The molecule has 1 aliphatic rings. The summed E-state index contributed by atoms with van der Waals surface area (Å²) in [5.41, 5.74) is 14.7. The van der Waals surface area contributed by atoms with E-state index in [1.54, 1.807) is 11.8 Å². The van der Waals surface area contributed by atoms with Crippen LogP contribution in [0.1, 0.15) is 23.6 Å². The molecular weight excluding hydrogens is 637 g/mol. The molecule has 7 aromatic carbocycles. The Hall–Kier alpha value is -6.16. The molecule has 242 valence electrons. The minimum absolute atomic E-state index is 0.763. The Labute approximate surface area is 302 Å². The molecule has 1 aromatic heterocycles. The number of aromatic nitrogens is 1. The largest absolute Gasteiger partial charge is 0.309 e. The molecule has 0 aliphatic carbocycles. The van der Waals surface area contributed by atoms with Crippen LogP contribution >= 0.6 is 11.8 Å². The Morgan fingerprint density at radius 3 is 1.78 bits per heavy atom. The molecule has 9 rings (SSSR count). The lowest BCUT2D eigenvalue weighted by atomic mass is 9.97. The first kappa shape index (κ1) is 30.9. The third-order valence-electron chi connectivity index (χ3n) is 9.80. The average Bonchev–Trinajstić information content (AvgIpc) is 3.73. The van der Waals surface area contributed by atoms with Crippen molar-refractivity contribution in [3.8, 4) is 27.9 Å². The number of benzene rings is 7. The summed E-state index contributed by atoms with van der Waals surface area (Å²) in [6.45, 7) is 6.55. The first-order chi connectivity index (χ1) is 25.1. The van der Waals surface area contributed by atoms with Crippen molar-refractivity contribution in [2.24, 2.45) is 4.99 Å². The fourth-order valence-electron chi connectivity index (χ4n) is 7.14. The molecule has 1 aliphatic heterocycles. The smallest absolute Gasteiger partial charge is 0.0862 e. The third kappa shape index (κ3) is 5.62. The Bertz CT molecular complexity index is 2650. The van der Waals surface area contributed by atoms with E-state index >= 15 is 0 Å². The van der Waals surface area contributed by atoms with Crippen LogP contribution in [0.2, 0.25) is 0 Å². The molecule has 0 bridgehead atoms. The summed E-state index contributed by atoms with van der Waals surface area (Å²) in [5.74, 6) is 0. The maximum absolute atomic E-state index is 5.17. The van der Waals surface area contributed by atoms with Gasteiger partial charge in [0.05, 0.1) is 22.4 Å². The van der Waals surface area contributed by atoms with Crippen LogP contribution in [0.25, 0.3) is 61.0 Å². The highest BCUT2D eigenvalue weighted by molar-refractivity contribution is 8.05. The highest BCUT2D eigenvalue weighted by Gasteiger charge is 2.27. The van der Waals surface area contributed by atoms with Crippen LogP contribution in [-0.2, 0) is 0 Å². The van der Waals surface area contributed by atoms with Crippen molar-refractivity contribution in [2.45, 2.75) is 11.8 Å². The van der Waals surface area contributed by atoms with Gasteiger partial charge in [-0.25, -0.2) is 4.99 Å². The minimum Gasteiger partial charge on any atom is -0.309 e. The monoisotopic (exact) mass is 670 g/mol. The lowest BCUT2D eigenvalue weighted by molar-refractivity contribution is 1.18. The van der Waals surface area contributed by atoms with E-state index in [4.69, 9.17) is 4.99 Å². The number of hydrogen-bond donors (Lipinski definition) is 0. The molecule has 0 amide bonds.